The van der Waals surface area contributed by atoms with Crippen LogP contribution in [-0.4, -0.2) is 25.3 Å². The van der Waals surface area contributed by atoms with Gasteiger partial charge in [0.05, 0.1) is 19.8 Å². The molecule has 5 heteroatoms. The van der Waals surface area contributed by atoms with Crippen LogP contribution >= 0.6 is 11.3 Å². The van der Waals surface area contributed by atoms with Crippen molar-refractivity contribution in [2.24, 2.45) is 0 Å². The Morgan fingerprint density at radius 2 is 2.05 bits per heavy atom. The van der Waals surface area contributed by atoms with E-state index < -0.39 is 5.97 Å². The maximum atomic E-state index is 11.5. The first kappa shape index (κ1) is 14.1. The number of methoxy groups -OCH3 is 2. The molecular formula is C15H14O4S. The third-order valence-corrected chi connectivity index (χ3v) is 3.58. The van der Waals surface area contributed by atoms with Gasteiger partial charge >= 0.3 is 5.97 Å². The van der Waals surface area contributed by atoms with Gasteiger partial charge in [-0.25, -0.2) is 4.79 Å². The number of thiophene rings is 1. The third kappa shape index (κ3) is 3.00. The van der Waals surface area contributed by atoms with Crippen LogP contribution in [0.3, 0.4) is 0 Å². The standard InChI is InChI=1S/C15H14O4S/c1-18-10-5-6-12(14(8-10)19-2)13(15(16)17)9-11-4-3-7-20-11/h3-9H,1-2H3,(H,16,17)/b13-9-. The van der Waals surface area contributed by atoms with E-state index in [2.05, 4.69) is 0 Å². The van der Waals surface area contributed by atoms with Crippen molar-refractivity contribution in [2.75, 3.05) is 14.2 Å². The second-order valence-corrected chi connectivity index (χ2v) is 4.92. The molecule has 0 aliphatic heterocycles. The first-order valence-electron chi connectivity index (χ1n) is 5.86. The van der Waals surface area contributed by atoms with E-state index >= 15 is 0 Å². The second kappa shape index (κ2) is 6.25. The van der Waals surface area contributed by atoms with Gasteiger partial charge in [0.2, 0.25) is 0 Å². The fraction of sp³-hybridized carbons (Fsp3) is 0.133. The molecule has 0 unspecified atom stereocenters. The summed E-state index contributed by atoms with van der Waals surface area (Å²) in [5, 5.41) is 11.3. The van der Waals surface area contributed by atoms with E-state index in [1.807, 2.05) is 17.5 Å². The molecule has 0 atom stereocenters. The van der Waals surface area contributed by atoms with Crippen LogP contribution in [0.4, 0.5) is 0 Å². The molecule has 0 radical (unpaired) electrons. The number of rotatable bonds is 5. The number of ether oxygens (including phenoxy) is 2. The zero-order valence-corrected chi connectivity index (χ0v) is 11.9. The normalized spacial score (nSPS) is 11.2. The Morgan fingerprint density at radius 1 is 1.25 bits per heavy atom. The van der Waals surface area contributed by atoms with Gasteiger partial charge < -0.3 is 14.6 Å². The van der Waals surface area contributed by atoms with Gasteiger partial charge in [-0.3, -0.25) is 0 Å². The molecule has 0 spiro atoms. The Bertz CT molecular complexity index is 629. The lowest BCUT2D eigenvalue weighted by molar-refractivity contribution is -0.130. The minimum Gasteiger partial charge on any atom is -0.497 e. The number of carbonyl (C=O) groups is 1. The number of hydrogen-bond acceptors (Lipinski definition) is 4. The quantitative estimate of drug-likeness (QED) is 0.858. The molecule has 0 amide bonds. The van der Waals surface area contributed by atoms with Gasteiger partial charge in [0, 0.05) is 16.5 Å². The number of benzene rings is 1. The Balaban J connectivity index is 2.52. The fourth-order valence-electron chi connectivity index (χ4n) is 1.79. The topological polar surface area (TPSA) is 55.8 Å². The maximum Gasteiger partial charge on any atom is 0.336 e. The van der Waals surface area contributed by atoms with E-state index in [1.165, 1.54) is 18.4 Å². The molecule has 0 saturated heterocycles. The number of hydrogen-bond donors (Lipinski definition) is 1. The maximum absolute atomic E-state index is 11.5. The Morgan fingerprint density at radius 3 is 2.60 bits per heavy atom. The van der Waals surface area contributed by atoms with Crippen LogP contribution in [0.2, 0.25) is 0 Å². The summed E-state index contributed by atoms with van der Waals surface area (Å²) in [6.07, 6.45) is 1.64. The zero-order chi connectivity index (χ0) is 14.5. The highest BCUT2D eigenvalue weighted by molar-refractivity contribution is 7.11. The van der Waals surface area contributed by atoms with Crippen LogP contribution in [-0.2, 0) is 4.79 Å². The molecule has 20 heavy (non-hydrogen) atoms. The number of carboxylic acids is 1. The van der Waals surface area contributed by atoms with Crippen LogP contribution in [0.25, 0.3) is 11.6 Å². The van der Waals surface area contributed by atoms with Gasteiger partial charge in [-0.1, -0.05) is 6.07 Å². The summed E-state index contributed by atoms with van der Waals surface area (Å²) in [5.41, 5.74) is 0.709. The number of aliphatic carboxylic acids is 1. The molecule has 4 nitrogen and oxygen atoms in total. The van der Waals surface area contributed by atoms with Crippen LogP contribution in [0, 0.1) is 0 Å². The van der Waals surface area contributed by atoms with Gasteiger partial charge in [0.15, 0.2) is 0 Å². The first-order chi connectivity index (χ1) is 9.65. The van der Waals surface area contributed by atoms with Crippen LogP contribution in [0.5, 0.6) is 11.5 Å². The Labute approximate surface area is 120 Å². The highest BCUT2D eigenvalue weighted by atomic mass is 32.1. The van der Waals surface area contributed by atoms with Crippen LogP contribution < -0.4 is 9.47 Å². The van der Waals surface area contributed by atoms with Crippen LogP contribution in [0.1, 0.15) is 10.4 Å². The molecule has 2 rings (SSSR count). The number of carboxylic acid groups (broad SMARTS) is 1. The molecule has 1 heterocycles. The van der Waals surface area contributed by atoms with Crippen molar-refractivity contribution >= 4 is 29.0 Å². The van der Waals surface area contributed by atoms with Crippen molar-refractivity contribution in [3.05, 3.63) is 46.2 Å². The molecular weight excluding hydrogens is 276 g/mol. The summed E-state index contributed by atoms with van der Waals surface area (Å²) < 4.78 is 10.4. The fourth-order valence-corrected chi connectivity index (χ4v) is 2.45. The Kier molecular flexibility index (Phi) is 4.42. The molecule has 0 aliphatic carbocycles. The predicted molar refractivity (Wildman–Crippen MR) is 79.4 cm³/mol. The SMILES string of the molecule is COc1ccc(/C(=C/c2cccs2)C(=O)O)c(OC)c1. The van der Waals surface area contributed by atoms with E-state index in [-0.39, 0.29) is 5.57 Å². The summed E-state index contributed by atoms with van der Waals surface area (Å²) in [6, 6.07) is 8.81. The van der Waals surface area contributed by atoms with Gasteiger partial charge in [0.25, 0.3) is 0 Å². The van der Waals surface area contributed by atoms with Crippen molar-refractivity contribution in [3.8, 4) is 11.5 Å². The van der Waals surface area contributed by atoms with E-state index in [9.17, 15) is 9.90 Å². The van der Waals surface area contributed by atoms with Gasteiger partial charge in [0.1, 0.15) is 11.5 Å². The molecule has 0 bridgehead atoms. The largest absolute Gasteiger partial charge is 0.497 e. The minimum atomic E-state index is -0.998. The monoisotopic (exact) mass is 290 g/mol. The lowest BCUT2D eigenvalue weighted by Crippen LogP contribution is -2.02. The smallest absolute Gasteiger partial charge is 0.336 e. The van der Waals surface area contributed by atoms with Crippen LogP contribution in [0.15, 0.2) is 35.7 Å². The summed E-state index contributed by atoms with van der Waals surface area (Å²) in [6.45, 7) is 0. The summed E-state index contributed by atoms with van der Waals surface area (Å²) in [5.74, 6) is 0.0860. The van der Waals surface area contributed by atoms with Gasteiger partial charge in [-0.05, 0) is 29.7 Å². The highest BCUT2D eigenvalue weighted by Gasteiger charge is 2.16. The Hall–Kier alpha value is -2.27. The van der Waals surface area contributed by atoms with Crippen molar-refractivity contribution in [1.82, 2.24) is 0 Å². The summed E-state index contributed by atoms with van der Waals surface area (Å²) >= 11 is 1.48. The van der Waals surface area contributed by atoms with E-state index in [4.69, 9.17) is 9.47 Å². The van der Waals surface area contributed by atoms with E-state index in [0.717, 1.165) is 4.88 Å². The minimum absolute atomic E-state index is 0.187. The molecule has 0 aliphatic rings. The van der Waals surface area contributed by atoms with E-state index in [0.29, 0.717) is 17.1 Å². The van der Waals surface area contributed by atoms with Gasteiger partial charge in [-0.2, -0.15) is 0 Å². The molecule has 104 valence electrons. The second-order valence-electron chi connectivity index (χ2n) is 3.94. The first-order valence-corrected chi connectivity index (χ1v) is 6.74. The highest BCUT2D eigenvalue weighted by Crippen LogP contribution is 2.32. The van der Waals surface area contributed by atoms with Crippen molar-refractivity contribution in [1.29, 1.82) is 0 Å². The van der Waals surface area contributed by atoms with E-state index in [1.54, 1.807) is 31.4 Å². The molecule has 1 aromatic carbocycles. The van der Waals surface area contributed by atoms with Crippen molar-refractivity contribution in [2.45, 2.75) is 0 Å². The zero-order valence-electron chi connectivity index (χ0n) is 11.1. The summed E-state index contributed by atoms with van der Waals surface area (Å²) in [4.78, 5) is 12.4. The lowest BCUT2D eigenvalue weighted by atomic mass is 10.0. The molecule has 0 fully saturated rings. The molecule has 1 aromatic heterocycles. The molecule has 2 aromatic rings. The summed E-state index contributed by atoms with van der Waals surface area (Å²) in [7, 11) is 3.05. The van der Waals surface area contributed by atoms with Crippen molar-refractivity contribution in [3.63, 3.8) is 0 Å². The molecule has 1 N–H and O–H groups in total. The van der Waals surface area contributed by atoms with Crippen molar-refractivity contribution < 1.29 is 19.4 Å². The predicted octanol–water partition coefficient (Wildman–Crippen LogP) is 3.39. The molecule has 0 saturated carbocycles. The lowest BCUT2D eigenvalue weighted by Gasteiger charge is -2.11. The average molecular weight is 290 g/mol. The average Bonchev–Trinajstić information content (AvgIpc) is 2.97. The third-order valence-electron chi connectivity index (χ3n) is 2.76. The van der Waals surface area contributed by atoms with Gasteiger partial charge in [-0.15, -0.1) is 11.3 Å².